The molecule has 0 aliphatic heterocycles. The largest absolute Gasteiger partial charge is 0.306 e. The monoisotopic (exact) mass is 293 g/mol. The van der Waals surface area contributed by atoms with Crippen molar-refractivity contribution in [1.29, 1.82) is 0 Å². The Hall–Kier alpha value is -0.300. The Morgan fingerprint density at radius 1 is 1.19 bits per heavy atom. The normalized spacial score (nSPS) is 9.88. The van der Waals surface area contributed by atoms with Crippen LogP contribution in [-0.2, 0) is 0 Å². The van der Waals surface area contributed by atoms with E-state index in [0.717, 1.165) is 37.1 Å². The molecule has 0 aliphatic rings. The van der Waals surface area contributed by atoms with Gasteiger partial charge in [-0.1, -0.05) is 18.2 Å². The molecule has 0 heterocycles. The first-order chi connectivity index (χ1) is 7.61. The molecule has 1 aromatic rings. The number of amides is 1. The van der Waals surface area contributed by atoms with Crippen molar-refractivity contribution in [2.24, 2.45) is 0 Å². The van der Waals surface area contributed by atoms with E-state index in [0.29, 0.717) is 0 Å². The van der Waals surface area contributed by atoms with Gasteiger partial charge in [0.2, 0.25) is 0 Å². The lowest BCUT2D eigenvalue weighted by Gasteiger charge is -2.15. The summed E-state index contributed by atoms with van der Waals surface area (Å²) in [5.41, 5.74) is 0.808. The first-order valence-corrected chi connectivity index (χ1v) is 8.01. The number of rotatable bonds is 3. The van der Waals surface area contributed by atoms with Crippen molar-refractivity contribution < 1.29 is 9.59 Å². The fourth-order valence-corrected chi connectivity index (χ4v) is 4.03. The van der Waals surface area contributed by atoms with E-state index < -0.39 is 4.57 Å². The van der Waals surface area contributed by atoms with Crippen molar-refractivity contribution in [3.8, 4) is 0 Å². The zero-order valence-electron chi connectivity index (χ0n) is 8.25. The van der Waals surface area contributed by atoms with Gasteiger partial charge in [0.25, 0.3) is 9.81 Å². The standard InChI is InChI=1S/C9H8ClNO2S3/c1-11(7-5-3-2-4-6-7)9(13)15-16-14-8(10)12/h2-6H,1H3. The molecule has 7 heteroatoms. The summed E-state index contributed by atoms with van der Waals surface area (Å²) in [4.78, 5) is 23.6. The van der Waals surface area contributed by atoms with Gasteiger partial charge in [-0.2, -0.15) is 0 Å². The van der Waals surface area contributed by atoms with Crippen molar-refractivity contribution in [1.82, 2.24) is 0 Å². The number of hydrogen-bond acceptors (Lipinski definition) is 5. The maximum absolute atomic E-state index is 11.6. The van der Waals surface area contributed by atoms with E-state index in [1.54, 1.807) is 7.05 Å². The van der Waals surface area contributed by atoms with Crippen molar-refractivity contribution in [3.63, 3.8) is 0 Å². The topological polar surface area (TPSA) is 37.4 Å². The van der Waals surface area contributed by atoms with Gasteiger partial charge in [-0.15, -0.1) is 0 Å². The lowest BCUT2D eigenvalue weighted by atomic mass is 10.3. The summed E-state index contributed by atoms with van der Waals surface area (Å²) in [5, 5.41) is -0.151. The molecule has 0 saturated heterocycles. The molecule has 0 bridgehead atoms. The number of carbonyl (C=O) groups is 2. The predicted octanol–water partition coefficient (Wildman–Crippen LogP) is 4.63. The second-order valence-electron chi connectivity index (χ2n) is 2.63. The maximum Gasteiger partial charge on any atom is 0.297 e. The Balaban J connectivity index is 2.45. The molecule has 0 N–H and O–H groups in total. The summed E-state index contributed by atoms with van der Waals surface area (Å²) in [6.45, 7) is 0. The molecule has 1 aromatic carbocycles. The van der Waals surface area contributed by atoms with Crippen LogP contribution in [-0.4, -0.2) is 16.9 Å². The molecule has 1 rings (SSSR count). The third-order valence-corrected chi connectivity index (χ3v) is 5.33. The minimum absolute atomic E-state index is 0.151. The highest BCUT2D eigenvalue weighted by Gasteiger charge is 2.12. The van der Waals surface area contributed by atoms with Crippen LogP contribution in [0.25, 0.3) is 0 Å². The maximum atomic E-state index is 11.6. The van der Waals surface area contributed by atoms with Crippen LogP contribution in [0.5, 0.6) is 0 Å². The van der Waals surface area contributed by atoms with Gasteiger partial charge in [0.1, 0.15) is 0 Å². The molecule has 1 amide bonds. The van der Waals surface area contributed by atoms with Crippen LogP contribution < -0.4 is 4.90 Å². The van der Waals surface area contributed by atoms with Crippen LogP contribution in [0.1, 0.15) is 0 Å². The smallest absolute Gasteiger partial charge is 0.297 e. The van der Waals surface area contributed by atoms with Gasteiger partial charge in [0, 0.05) is 34.3 Å². The van der Waals surface area contributed by atoms with Crippen molar-refractivity contribution in [2.45, 2.75) is 0 Å². The van der Waals surface area contributed by atoms with E-state index in [-0.39, 0.29) is 5.24 Å². The predicted molar refractivity (Wildman–Crippen MR) is 74.3 cm³/mol. The molecule has 86 valence electrons. The van der Waals surface area contributed by atoms with Crippen LogP contribution >= 0.6 is 43.0 Å². The number of hydrogen-bond donors (Lipinski definition) is 0. The van der Waals surface area contributed by atoms with E-state index >= 15 is 0 Å². The van der Waals surface area contributed by atoms with Crippen molar-refractivity contribution in [3.05, 3.63) is 30.3 Å². The Morgan fingerprint density at radius 3 is 2.38 bits per heavy atom. The Bertz CT molecular complexity index is 374. The van der Waals surface area contributed by atoms with Crippen LogP contribution in [0.2, 0.25) is 0 Å². The lowest BCUT2D eigenvalue weighted by molar-refractivity contribution is 0.266. The van der Waals surface area contributed by atoms with E-state index in [9.17, 15) is 9.59 Å². The highest BCUT2D eigenvalue weighted by atomic mass is 35.5. The van der Waals surface area contributed by atoms with Crippen LogP contribution in [0.15, 0.2) is 30.3 Å². The molecule has 3 nitrogen and oxygen atoms in total. The molecular formula is C9H8ClNO2S3. The van der Waals surface area contributed by atoms with E-state index in [2.05, 4.69) is 0 Å². The second-order valence-corrected chi connectivity index (χ2v) is 7.02. The number of para-hydroxylation sites is 1. The molecule has 0 fully saturated rings. The number of halogens is 1. The Labute approximate surface area is 110 Å². The lowest BCUT2D eigenvalue weighted by Crippen LogP contribution is -2.20. The van der Waals surface area contributed by atoms with Gasteiger partial charge in [0.15, 0.2) is 0 Å². The van der Waals surface area contributed by atoms with Crippen LogP contribution in [0.3, 0.4) is 0 Å². The molecule has 0 atom stereocenters. The van der Waals surface area contributed by atoms with E-state index in [1.807, 2.05) is 30.3 Å². The SMILES string of the molecule is CN(C(=O)SSSC(=O)Cl)c1ccccc1. The van der Waals surface area contributed by atoms with Gasteiger partial charge in [0.05, 0.1) is 0 Å². The van der Waals surface area contributed by atoms with Gasteiger partial charge in [-0.3, -0.25) is 9.59 Å². The quantitative estimate of drug-likeness (QED) is 0.600. The minimum Gasteiger partial charge on any atom is -0.306 e. The molecule has 0 spiro atoms. The second kappa shape index (κ2) is 7.11. The zero-order valence-corrected chi connectivity index (χ0v) is 11.5. The summed E-state index contributed by atoms with van der Waals surface area (Å²) in [7, 11) is 4.53. The summed E-state index contributed by atoms with van der Waals surface area (Å²) >= 11 is 5.12. The fourth-order valence-electron chi connectivity index (χ4n) is 0.886. The van der Waals surface area contributed by atoms with Crippen molar-refractivity contribution in [2.75, 3.05) is 11.9 Å². The molecule has 0 aromatic heterocycles. The highest BCUT2D eigenvalue weighted by molar-refractivity contribution is 9.14. The van der Waals surface area contributed by atoms with Crippen LogP contribution in [0, 0.1) is 0 Å². The Kier molecular flexibility index (Phi) is 6.12. The van der Waals surface area contributed by atoms with Crippen molar-refractivity contribution >= 4 is 58.5 Å². The fraction of sp³-hybridized carbons (Fsp3) is 0.111. The van der Waals surface area contributed by atoms with Gasteiger partial charge in [-0.25, -0.2) is 0 Å². The number of nitrogens with zero attached hydrogens (tertiary/aromatic N) is 1. The van der Waals surface area contributed by atoms with Crippen LogP contribution in [0.4, 0.5) is 15.3 Å². The van der Waals surface area contributed by atoms with Gasteiger partial charge >= 0.3 is 0 Å². The number of anilines is 1. The minimum atomic E-state index is -0.535. The summed E-state index contributed by atoms with van der Waals surface area (Å²) in [6, 6.07) is 9.26. The Morgan fingerprint density at radius 2 is 1.81 bits per heavy atom. The van der Waals surface area contributed by atoms with E-state index in [1.165, 1.54) is 4.90 Å². The highest BCUT2D eigenvalue weighted by Crippen LogP contribution is 2.38. The summed E-state index contributed by atoms with van der Waals surface area (Å²) < 4.78 is -0.535. The zero-order chi connectivity index (χ0) is 12.0. The number of carbonyl (C=O) groups excluding carboxylic acids is 2. The average molecular weight is 294 g/mol. The van der Waals surface area contributed by atoms with Gasteiger partial charge < -0.3 is 4.90 Å². The number of benzene rings is 1. The summed E-state index contributed by atoms with van der Waals surface area (Å²) in [6.07, 6.45) is 0. The molecule has 16 heavy (non-hydrogen) atoms. The van der Waals surface area contributed by atoms with Gasteiger partial charge in [-0.05, 0) is 33.6 Å². The molecule has 0 aliphatic carbocycles. The molecule has 0 unspecified atom stereocenters. The molecule has 0 radical (unpaired) electrons. The first-order valence-electron chi connectivity index (χ1n) is 4.14. The molecule has 0 saturated carbocycles. The summed E-state index contributed by atoms with van der Waals surface area (Å²) in [5.74, 6) is 0. The first kappa shape index (κ1) is 13.8. The third kappa shape index (κ3) is 4.69. The third-order valence-electron chi connectivity index (χ3n) is 1.62. The molecular weight excluding hydrogens is 286 g/mol. The van der Waals surface area contributed by atoms with E-state index in [4.69, 9.17) is 11.6 Å². The average Bonchev–Trinajstić information content (AvgIpc) is 2.28.